The molecule has 0 aliphatic heterocycles. The van der Waals surface area contributed by atoms with Gasteiger partial charge in [-0.1, -0.05) is 0 Å². The third-order valence-electron chi connectivity index (χ3n) is 2.37. The zero-order chi connectivity index (χ0) is 14.8. The Bertz CT molecular complexity index is 559. The number of nitrogens with zero attached hydrogens (tertiary/aromatic N) is 1. The van der Waals surface area contributed by atoms with Gasteiger partial charge in [0, 0.05) is 12.1 Å². The summed E-state index contributed by atoms with van der Waals surface area (Å²) in [5.41, 5.74) is -0.676. The van der Waals surface area contributed by atoms with E-state index in [-0.39, 0.29) is 17.2 Å². The van der Waals surface area contributed by atoms with Crippen LogP contribution >= 0.6 is 27.3 Å². The molecule has 5 nitrogen and oxygen atoms in total. The van der Waals surface area contributed by atoms with E-state index in [9.17, 15) is 13.2 Å². The second-order valence-electron chi connectivity index (χ2n) is 4.95. The van der Waals surface area contributed by atoms with Crippen LogP contribution in [-0.4, -0.2) is 35.9 Å². The van der Waals surface area contributed by atoms with E-state index in [2.05, 4.69) is 15.9 Å². The van der Waals surface area contributed by atoms with Gasteiger partial charge in [0.05, 0.1) is 10.2 Å². The zero-order valence-corrected chi connectivity index (χ0v) is 14.1. The molecule has 1 rings (SSSR count). The van der Waals surface area contributed by atoms with Crippen molar-refractivity contribution in [2.24, 2.45) is 0 Å². The highest BCUT2D eigenvalue weighted by molar-refractivity contribution is 9.11. The van der Waals surface area contributed by atoms with Crippen molar-refractivity contribution in [3.8, 4) is 0 Å². The lowest BCUT2D eigenvalue weighted by Crippen LogP contribution is -2.46. The van der Waals surface area contributed by atoms with Gasteiger partial charge in [-0.25, -0.2) is 8.42 Å². The van der Waals surface area contributed by atoms with E-state index in [0.717, 1.165) is 15.1 Å². The summed E-state index contributed by atoms with van der Waals surface area (Å²) in [5, 5.41) is 8.74. The fourth-order valence-corrected chi connectivity index (χ4v) is 5.47. The smallest absolute Gasteiger partial charge is 0.304 e. The number of carbonyl (C=O) groups is 1. The van der Waals surface area contributed by atoms with Crippen LogP contribution in [0.2, 0.25) is 0 Å². The average molecular weight is 370 g/mol. The highest BCUT2D eigenvalue weighted by Gasteiger charge is 2.35. The third-order valence-corrected chi connectivity index (χ3v) is 6.63. The van der Waals surface area contributed by atoms with Crippen molar-refractivity contribution in [1.82, 2.24) is 4.31 Å². The number of sulfonamides is 1. The lowest BCUT2D eigenvalue weighted by atomic mass is 10.1. The molecule has 108 valence electrons. The van der Waals surface area contributed by atoms with Crippen LogP contribution < -0.4 is 0 Å². The Morgan fingerprint density at radius 1 is 1.42 bits per heavy atom. The summed E-state index contributed by atoms with van der Waals surface area (Å²) in [7, 11) is -3.68. The van der Waals surface area contributed by atoms with E-state index < -0.39 is 21.5 Å². The zero-order valence-electron chi connectivity index (χ0n) is 10.9. The van der Waals surface area contributed by atoms with E-state index in [0.29, 0.717) is 0 Å². The molecular weight excluding hydrogens is 354 g/mol. The van der Waals surface area contributed by atoms with Crippen molar-refractivity contribution in [3.05, 3.63) is 15.9 Å². The molecular formula is C11H16BrNO4S2. The van der Waals surface area contributed by atoms with Gasteiger partial charge in [0.25, 0.3) is 10.0 Å². The van der Waals surface area contributed by atoms with Gasteiger partial charge in [-0.2, -0.15) is 4.31 Å². The predicted octanol–water partition coefficient (Wildman–Crippen LogP) is 2.77. The maximum absolute atomic E-state index is 12.5. The summed E-state index contributed by atoms with van der Waals surface area (Å²) in [6.45, 7) is 5.19. The Morgan fingerprint density at radius 3 is 2.37 bits per heavy atom. The summed E-state index contributed by atoms with van der Waals surface area (Å²) >= 11 is 4.34. The van der Waals surface area contributed by atoms with Crippen LogP contribution in [0.25, 0.3) is 0 Å². The largest absolute Gasteiger partial charge is 0.481 e. The fraction of sp³-hybridized carbons (Fsp3) is 0.545. The van der Waals surface area contributed by atoms with Gasteiger partial charge in [0.2, 0.25) is 0 Å². The number of thiophene rings is 1. The SMILES string of the molecule is CC(C)(C)N(CCC(=O)O)S(=O)(=O)c1ccc(Br)s1. The molecule has 0 unspecified atom stereocenters. The van der Waals surface area contributed by atoms with Crippen molar-refractivity contribution < 1.29 is 18.3 Å². The van der Waals surface area contributed by atoms with Gasteiger partial charge in [-0.3, -0.25) is 4.79 Å². The Hall–Kier alpha value is -0.440. The average Bonchev–Trinajstić information content (AvgIpc) is 2.62. The number of carboxylic acids is 1. The van der Waals surface area contributed by atoms with Crippen molar-refractivity contribution >= 4 is 43.3 Å². The van der Waals surface area contributed by atoms with E-state index >= 15 is 0 Å². The van der Waals surface area contributed by atoms with Crippen LogP contribution in [0.15, 0.2) is 20.1 Å². The van der Waals surface area contributed by atoms with Gasteiger partial charge in [-0.05, 0) is 48.8 Å². The molecule has 0 radical (unpaired) electrons. The first kappa shape index (κ1) is 16.6. The topological polar surface area (TPSA) is 74.7 Å². The van der Waals surface area contributed by atoms with Gasteiger partial charge < -0.3 is 5.11 Å². The molecule has 0 saturated heterocycles. The lowest BCUT2D eigenvalue weighted by molar-refractivity contribution is -0.137. The molecule has 0 saturated carbocycles. The number of halogens is 1. The summed E-state index contributed by atoms with van der Waals surface area (Å²) in [6, 6.07) is 3.18. The van der Waals surface area contributed by atoms with Gasteiger partial charge in [0.15, 0.2) is 0 Å². The first-order valence-electron chi connectivity index (χ1n) is 5.55. The van der Waals surface area contributed by atoms with Gasteiger partial charge in [0.1, 0.15) is 4.21 Å². The summed E-state index contributed by atoms with van der Waals surface area (Å²) in [6.07, 6.45) is -0.219. The van der Waals surface area contributed by atoms with Crippen molar-refractivity contribution in [2.45, 2.75) is 36.9 Å². The molecule has 0 aliphatic carbocycles. The van der Waals surface area contributed by atoms with Crippen LogP contribution in [-0.2, 0) is 14.8 Å². The molecule has 0 bridgehead atoms. The minimum absolute atomic E-state index is 0.0450. The van der Waals surface area contributed by atoms with Crippen LogP contribution in [0.3, 0.4) is 0 Å². The normalized spacial score (nSPS) is 12.9. The molecule has 1 aromatic heterocycles. The van der Waals surface area contributed by atoms with E-state index in [1.807, 2.05) is 0 Å². The molecule has 1 N–H and O–H groups in total. The lowest BCUT2D eigenvalue weighted by Gasteiger charge is -2.33. The van der Waals surface area contributed by atoms with Crippen LogP contribution in [0.1, 0.15) is 27.2 Å². The van der Waals surface area contributed by atoms with Gasteiger partial charge in [-0.15, -0.1) is 11.3 Å². The molecule has 0 spiro atoms. The number of rotatable bonds is 5. The highest BCUT2D eigenvalue weighted by Crippen LogP contribution is 2.31. The summed E-state index contributed by atoms with van der Waals surface area (Å²) in [5.74, 6) is -1.02. The molecule has 8 heteroatoms. The minimum atomic E-state index is -3.68. The van der Waals surface area contributed by atoms with E-state index in [4.69, 9.17) is 5.11 Å². The van der Waals surface area contributed by atoms with Crippen molar-refractivity contribution in [2.75, 3.05) is 6.54 Å². The molecule has 0 aromatic carbocycles. The maximum Gasteiger partial charge on any atom is 0.304 e. The second-order valence-corrected chi connectivity index (χ2v) is 9.50. The Kier molecular flexibility index (Phi) is 5.16. The first-order chi connectivity index (χ1) is 8.55. The number of carboxylic acid groups (broad SMARTS) is 1. The third kappa shape index (κ3) is 4.27. The predicted molar refractivity (Wildman–Crippen MR) is 77.9 cm³/mol. The maximum atomic E-state index is 12.5. The molecule has 0 amide bonds. The summed E-state index contributed by atoms with van der Waals surface area (Å²) < 4.78 is 27.2. The standard InChI is InChI=1S/C11H16BrNO4S2/c1-11(2,3)13(7-6-9(14)15)19(16,17)10-5-4-8(12)18-10/h4-5H,6-7H2,1-3H3,(H,14,15). The monoisotopic (exact) mass is 369 g/mol. The molecule has 0 aliphatic rings. The Morgan fingerprint density at radius 2 is 2.00 bits per heavy atom. The number of aliphatic carboxylic acids is 1. The minimum Gasteiger partial charge on any atom is -0.481 e. The highest BCUT2D eigenvalue weighted by atomic mass is 79.9. The molecule has 1 heterocycles. The Balaban J connectivity index is 3.13. The van der Waals surface area contributed by atoms with Crippen LogP contribution in [0.4, 0.5) is 0 Å². The molecule has 1 aromatic rings. The summed E-state index contributed by atoms with van der Waals surface area (Å²) in [4.78, 5) is 10.7. The quantitative estimate of drug-likeness (QED) is 0.865. The fourth-order valence-electron chi connectivity index (χ4n) is 1.56. The second kappa shape index (κ2) is 5.90. The molecule has 0 atom stereocenters. The first-order valence-corrected chi connectivity index (χ1v) is 8.60. The van der Waals surface area contributed by atoms with E-state index in [1.165, 1.54) is 10.4 Å². The Labute approximate surface area is 125 Å². The number of hydrogen-bond acceptors (Lipinski definition) is 4. The molecule has 19 heavy (non-hydrogen) atoms. The van der Waals surface area contributed by atoms with Crippen LogP contribution in [0.5, 0.6) is 0 Å². The van der Waals surface area contributed by atoms with Gasteiger partial charge >= 0.3 is 5.97 Å². The van der Waals surface area contributed by atoms with E-state index in [1.54, 1.807) is 26.8 Å². The van der Waals surface area contributed by atoms with Crippen molar-refractivity contribution in [3.63, 3.8) is 0 Å². The van der Waals surface area contributed by atoms with Crippen molar-refractivity contribution in [1.29, 1.82) is 0 Å². The van der Waals surface area contributed by atoms with Crippen LogP contribution in [0, 0.1) is 0 Å². The molecule has 0 fully saturated rings. The number of hydrogen-bond donors (Lipinski definition) is 1.